The first-order valence-corrected chi connectivity index (χ1v) is 9.81. The van der Waals surface area contributed by atoms with E-state index in [4.69, 9.17) is 5.73 Å². The number of nitrogens with one attached hydrogen (secondary N) is 1. The highest BCUT2D eigenvalue weighted by Gasteiger charge is 2.44. The second-order valence-corrected chi connectivity index (χ2v) is 7.91. The third kappa shape index (κ3) is 3.39. The Bertz CT molecular complexity index is 1030. The molecule has 156 valence electrons. The van der Waals surface area contributed by atoms with E-state index in [-0.39, 0.29) is 6.04 Å². The Balaban J connectivity index is 1.27. The molecule has 2 atom stereocenters. The number of halogens is 3. The van der Waals surface area contributed by atoms with Crippen molar-refractivity contribution in [1.29, 1.82) is 0 Å². The van der Waals surface area contributed by atoms with E-state index in [0.29, 0.717) is 17.5 Å². The summed E-state index contributed by atoms with van der Waals surface area (Å²) in [5, 5.41) is 7.37. The van der Waals surface area contributed by atoms with Crippen LogP contribution in [0.4, 0.5) is 24.7 Å². The molecule has 3 aromatic rings. The zero-order valence-electron chi connectivity index (χ0n) is 16.1. The van der Waals surface area contributed by atoms with Crippen LogP contribution >= 0.6 is 0 Å². The van der Waals surface area contributed by atoms with Gasteiger partial charge in [0.15, 0.2) is 0 Å². The van der Waals surface area contributed by atoms with Crippen LogP contribution in [0.25, 0.3) is 11.3 Å². The van der Waals surface area contributed by atoms with Gasteiger partial charge in [-0.25, -0.2) is 4.98 Å². The molecule has 2 unspecified atom stereocenters. The number of aromatic nitrogens is 3. The minimum atomic E-state index is -4.36. The Kier molecular flexibility index (Phi) is 4.43. The van der Waals surface area contributed by atoms with Crippen molar-refractivity contribution in [1.82, 2.24) is 20.1 Å². The fourth-order valence-corrected chi connectivity index (χ4v) is 4.49. The third-order valence-corrected chi connectivity index (χ3v) is 6.00. The quantitative estimate of drug-likeness (QED) is 0.639. The van der Waals surface area contributed by atoms with Crippen LogP contribution in [0.1, 0.15) is 17.5 Å². The number of benzene rings is 1. The minimum absolute atomic E-state index is 0.256. The number of pyridine rings is 1. The van der Waals surface area contributed by atoms with E-state index < -0.39 is 11.7 Å². The summed E-state index contributed by atoms with van der Waals surface area (Å²) in [5.41, 5.74) is 8.82. The van der Waals surface area contributed by atoms with Crippen LogP contribution in [-0.4, -0.2) is 45.3 Å². The number of alkyl halides is 3. The number of fused-ring (bicyclic) bond motifs is 2. The predicted molar refractivity (Wildman–Crippen MR) is 108 cm³/mol. The van der Waals surface area contributed by atoms with E-state index in [0.717, 1.165) is 55.1 Å². The van der Waals surface area contributed by atoms with Gasteiger partial charge in [-0.3, -0.25) is 10.00 Å². The topological polar surface area (TPSA) is 74.1 Å². The summed E-state index contributed by atoms with van der Waals surface area (Å²) >= 11 is 0. The predicted octanol–water partition coefficient (Wildman–Crippen LogP) is 3.54. The monoisotopic (exact) mass is 414 g/mol. The van der Waals surface area contributed by atoms with Gasteiger partial charge in [-0.2, -0.15) is 18.3 Å². The second-order valence-electron chi connectivity index (χ2n) is 7.91. The molecule has 2 bridgehead atoms. The van der Waals surface area contributed by atoms with E-state index >= 15 is 0 Å². The van der Waals surface area contributed by atoms with Gasteiger partial charge in [0.2, 0.25) is 0 Å². The molecular weight excluding hydrogens is 393 g/mol. The van der Waals surface area contributed by atoms with E-state index in [1.165, 1.54) is 6.07 Å². The second kappa shape index (κ2) is 7.02. The molecule has 0 amide bonds. The fourth-order valence-electron chi connectivity index (χ4n) is 4.49. The Morgan fingerprint density at radius 1 is 1.07 bits per heavy atom. The van der Waals surface area contributed by atoms with Gasteiger partial charge in [0.05, 0.1) is 11.3 Å². The molecule has 2 aromatic heterocycles. The van der Waals surface area contributed by atoms with Gasteiger partial charge in [0.1, 0.15) is 5.82 Å². The number of piperazine rings is 1. The van der Waals surface area contributed by atoms with Crippen molar-refractivity contribution in [3.8, 4) is 11.3 Å². The van der Waals surface area contributed by atoms with E-state index in [9.17, 15) is 13.2 Å². The molecule has 2 saturated heterocycles. The first-order chi connectivity index (χ1) is 14.4. The summed E-state index contributed by atoms with van der Waals surface area (Å²) in [6.07, 6.45) is -0.535. The molecule has 0 radical (unpaired) electrons. The smallest absolute Gasteiger partial charge is 0.399 e. The van der Waals surface area contributed by atoms with Crippen molar-refractivity contribution in [3.05, 3.63) is 59.9 Å². The van der Waals surface area contributed by atoms with Crippen LogP contribution in [0.3, 0.4) is 0 Å². The molecule has 30 heavy (non-hydrogen) atoms. The number of rotatable bonds is 4. The Morgan fingerprint density at radius 3 is 2.50 bits per heavy atom. The number of nitrogens with two attached hydrogens (primary N) is 1. The zero-order valence-corrected chi connectivity index (χ0v) is 16.1. The van der Waals surface area contributed by atoms with Crippen LogP contribution in [0.15, 0.2) is 48.8 Å². The van der Waals surface area contributed by atoms with Crippen LogP contribution in [-0.2, 0) is 12.7 Å². The number of nitrogens with zero attached hydrogens (tertiary/aromatic N) is 4. The Morgan fingerprint density at radius 2 is 1.87 bits per heavy atom. The average Bonchev–Trinajstić information content (AvgIpc) is 3.44. The summed E-state index contributed by atoms with van der Waals surface area (Å²) in [5.74, 6) is 0.612. The molecule has 3 N–H and O–H groups in total. The van der Waals surface area contributed by atoms with E-state index in [1.807, 2.05) is 30.5 Å². The fraction of sp³-hybridized carbons (Fsp3) is 0.333. The SMILES string of the molecule is Nc1ccc(-c2n[nH]cc2CN2CC3CC2CN3c2ccc(C(F)(F)F)cn2)cc1. The van der Waals surface area contributed by atoms with Crippen LogP contribution in [0.5, 0.6) is 0 Å². The van der Waals surface area contributed by atoms with E-state index in [2.05, 4.69) is 25.0 Å². The van der Waals surface area contributed by atoms with Gasteiger partial charge >= 0.3 is 6.18 Å². The average molecular weight is 414 g/mol. The van der Waals surface area contributed by atoms with Crippen LogP contribution < -0.4 is 10.6 Å². The number of nitrogen functional groups attached to an aromatic ring is 1. The van der Waals surface area contributed by atoms with Crippen molar-refractivity contribution < 1.29 is 13.2 Å². The lowest BCUT2D eigenvalue weighted by molar-refractivity contribution is -0.137. The summed E-state index contributed by atoms with van der Waals surface area (Å²) < 4.78 is 38.3. The zero-order chi connectivity index (χ0) is 20.9. The number of aromatic amines is 1. The first kappa shape index (κ1) is 18.9. The summed E-state index contributed by atoms with van der Waals surface area (Å²) in [6.45, 7) is 2.38. The van der Waals surface area contributed by atoms with Crippen LogP contribution in [0, 0.1) is 0 Å². The number of hydrogen-bond acceptors (Lipinski definition) is 5. The highest BCUT2D eigenvalue weighted by molar-refractivity contribution is 5.64. The molecule has 0 spiro atoms. The Hall–Kier alpha value is -3.07. The van der Waals surface area contributed by atoms with Crippen molar-refractivity contribution >= 4 is 11.5 Å². The number of anilines is 2. The summed E-state index contributed by atoms with van der Waals surface area (Å²) in [7, 11) is 0. The van der Waals surface area contributed by atoms with Gasteiger partial charge in [-0.15, -0.1) is 0 Å². The largest absolute Gasteiger partial charge is 0.417 e. The lowest BCUT2D eigenvalue weighted by Crippen LogP contribution is -2.46. The maximum absolute atomic E-state index is 12.8. The van der Waals surface area contributed by atoms with E-state index in [1.54, 1.807) is 0 Å². The summed E-state index contributed by atoms with van der Waals surface area (Å²) in [4.78, 5) is 8.61. The number of H-pyrrole nitrogens is 1. The van der Waals surface area contributed by atoms with Crippen molar-refractivity contribution in [2.75, 3.05) is 23.7 Å². The van der Waals surface area contributed by atoms with Crippen molar-refractivity contribution in [2.24, 2.45) is 0 Å². The molecule has 6 nitrogen and oxygen atoms in total. The number of likely N-dealkylation sites (tertiary alicyclic amines) is 1. The molecular formula is C21H21F3N6. The standard InChI is InChI=1S/C21H21F3N6/c22-21(23,24)15-3-6-19(26-9-15)30-12-17-7-18(30)11-29(17)10-14-8-27-28-20(14)13-1-4-16(25)5-2-13/h1-6,8-9,17-18H,7,10-12,25H2,(H,27,28). The third-order valence-electron chi connectivity index (χ3n) is 6.00. The molecule has 5 rings (SSSR count). The molecule has 1 aromatic carbocycles. The molecule has 0 aliphatic carbocycles. The Labute approximate surface area is 171 Å². The highest BCUT2D eigenvalue weighted by Crippen LogP contribution is 2.36. The molecule has 9 heteroatoms. The molecule has 2 aliphatic rings. The lowest BCUT2D eigenvalue weighted by atomic mass is 10.1. The van der Waals surface area contributed by atoms with Gasteiger partial charge in [-0.1, -0.05) is 12.1 Å². The first-order valence-electron chi connectivity index (χ1n) is 9.81. The van der Waals surface area contributed by atoms with Gasteiger partial charge < -0.3 is 10.6 Å². The summed E-state index contributed by atoms with van der Waals surface area (Å²) in [6, 6.07) is 10.8. The van der Waals surface area contributed by atoms with Gasteiger partial charge in [0, 0.05) is 60.9 Å². The van der Waals surface area contributed by atoms with Crippen molar-refractivity contribution in [3.63, 3.8) is 0 Å². The maximum Gasteiger partial charge on any atom is 0.417 e. The van der Waals surface area contributed by atoms with Crippen molar-refractivity contribution in [2.45, 2.75) is 31.2 Å². The maximum atomic E-state index is 12.8. The molecule has 0 saturated carbocycles. The van der Waals surface area contributed by atoms with Gasteiger partial charge in [-0.05, 0) is 30.7 Å². The number of hydrogen-bond donors (Lipinski definition) is 2. The minimum Gasteiger partial charge on any atom is -0.399 e. The molecule has 2 fully saturated rings. The lowest BCUT2D eigenvalue weighted by Gasteiger charge is -2.35. The normalized spacial score (nSPS) is 21.5. The molecule has 4 heterocycles. The molecule has 2 aliphatic heterocycles. The van der Waals surface area contributed by atoms with Gasteiger partial charge in [0.25, 0.3) is 0 Å². The highest BCUT2D eigenvalue weighted by atomic mass is 19.4. The van der Waals surface area contributed by atoms with Crippen LogP contribution in [0.2, 0.25) is 0 Å².